The summed E-state index contributed by atoms with van der Waals surface area (Å²) in [5, 5.41) is 2.85. The van der Waals surface area contributed by atoms with Gasteiger partial charge in [-0.1, -0.05) is 12.1 Å². The van der Waals surface area contributed by atoms with Crippen LogP contribution in [-0.4, -0.2) is 47.6 Å². The number of amides is 2. The van der Waals surface area contributed by atoms with Crippen LogP contribution in [0.25, 0.3) is 0 Å². The summed E-state index contributed by atoms with van der Waals surface area (Å²) in [4.78, 5) is 27.2. The molecule has 0 unspecified atom stereocenters. The molecule has 1 heterocycles. The maximum absolute atomic E-state index is 12.3. The number of nitrogens with zero attached hydrogens (tertiary/aromatic N) is 1. The van der Waals surface area contributed by atoms with Crippen LogP contribution in [0.2, 0.25) is 0 Å². The molecule has 23 heavy (non-hydrogen) atoms. The number of thioether (sulfide) groups is 1. The van der Waals surface area contributed by atoms with Gasteiger partial charge in [-0.2, -0.15) is 0 Å². The second-order valence-corrected chi connectivity index (χ2v) is 7.56. The van der Waals surface area contributed by atoms with E-state index in [-0.39, 0.29) is 11.8 Å². The number of hydrogen-bond donors (Lipinski definition) is 2. The number of likely N-dealkylation sites (tertiary alicyclic amines) is 1. The van der Waals surface area contributed by atoms with Crippen LogP contribution in [0.5, 0.6) is 0 Å². The first-order chi connectivity index (χ1) is 10.9. The van der Waals surface area contributed by atoms with Gasteiger partial charge in [-0.25, -0.2) is 0 Å². The molecule has 3 N–H and O–H groups in total. The van der Waals surface area contributed by atoms with Crippen LogP contribution in [0, 0.1) is 0 Å². The molecule has 1 aromatic rings. The highest BCUT2D eigenvalue weighted by Gasteiger charge is 2.20. The number of nitrogens with one attached hydrogen (secondary N) is 1. The van der Waals surface area contributed by atoms with Gasteiger partial charge < -0.3 is 16.0 Å². The minimum absolute atomic E-state index is 0.144. The van der Waals surface area contributed by atoms with Crippen molar-refractivity contribution in [3.63, 3.8) is 0 Å². The largest absolute Gasteiger partial charge is 0.350 e. The predicted octanol–water partition coefficient (Wildman–Crippen LogP) is 1.87. The molecule has 5 nitrogen and oxygen atoms in total. The maximum Gasteiger partial charge on any atom is 0.252 e. The molecule has 1 aliphatic rings. The van der Waals surface area contributed by atoms with Gasteiger partial charge in [-0.05, 0) is 38.8 Å². The highest BCUT2D eigenvalue weighted by atomic mass is 32.2. The monoisotopic (exact) mass is 335 g/mol. The summed E-state index contributed by atoms with van der Waals surface area (Å²) in [7, 11) is 0. The lowest BCUT2D eigenvalue weighted by atomic mass is 10.1. The van der Waals surface area contributed by atoms with E-state index in [1.807, 2.05) is 36.9 Å². The molecule has 0 aliphatic carbocycles. The minimum atomic E-state index is -0.455. The zero-order valence-corrected chi connectivity index (χ0v) is 14.6. The Morgan fingerprint density at radius 3 is 2.57 bits per heavy atom. The zero-order valence-electron chi connectivity index (χ0n) is 13.8. The standard InChI is InChI=1S/C17H25N3O2S/c1-17(2,18)12-19-16(22)13-7-3-4-8-14(13)23-11-15(21)20-9-5-6-10-20/h3-4,7-8H,5-6,9-12,18H2,1-2H3,(H,19,22). The van der Waals surface area contributed by atoms with Gasteiger partial charge in [0, 0.05) is 30.1 Å². The molecular weight excluding hydrogens is 310 g/mol. The maximum atomic E-state index is 12.3. The number of rotatable bonds is 6. The minimum Gasteiger partial charge on any atom is -0.350 e. The van der Waals surface area contributed by atoms with Gasteiger partial charge in [0.1, 0.15) is 0 Å². The molecule has 6 heteroatoms. The van der Waals surface area contributed by atoms with Crippen molar-refractivity contribution in [1.82, 2.24) is 10.2 Å². The lowest BCUT2D eigenvalue weighted by Crippen LogP contribution is -2.45. The first-order valence-corrected chi connectivity index (χ1v) is 8.92. The van der Waals surface area contributed by atoms with Crippen molar-refractivity contribution in [3.8, 4) is 0 Å². The van der Waals surface area contributed by atoms with Crippen molar-refractivity contribution in [2.45, 2.75) is 37.1 Å². The Balaban J connectivity index is 1.96. The van der Waals surface area contributed by atoms with Crippen LogP contribution < -0.4 is 11.1 Å². The van der Waals surface area contributed by atoms with Crippen molar-refractivity contribution >= 4 is 23.6 Å². The third-order valence-corrected chi connectivity index (χ3v) is 4.70. The molecule has 2 rings (SSSR count). The van der Waals surface area contributed by atoms with Gasteiger partial charge in [0.05, 0.1) is 11.3 Å². The van der Waals surface area contributed by atoms with Gasteiger partial charge in [-0.15, -0.1) is 11.8 Å². The molecule has 1 fully saturated rings. The molecule has 126 valence electrons. The van der Waals surface area contributed by atoms with E-state index < -0.39 is 5.54 Å². The Labute approximate surface area is 142 Å². The molecule has 0 saturated carbocycles. The Morgan fingerprint density at radius 1 is 1.26 bits per heavy atom. The number of hydrogen-bond acceptors (Lipinski definition) is 4. The average Bonchev–Trinajstić information content (AvgIpc) is 3.04. The third kappa shape index (κ3) is 5.55. The quantitative estimate of drug-likeness (QED) is 0.778. The van der Waals surface area contributed by atoms with Gasteiger partial charge in [0.2, 0.25) is 5.91 Å². The van der Waals surface area contributed by atoms with Gasteiger partial charge in [-0.3, -0.25) is 9.59 Å². The van der Waals surface area contributed by atoms with Gasteiger partial charge in [0.15, 0.2) is 0 Å². The van der Waals surface area contributed by atoms with Gasteiger partial charge >= 0.3 is 0 Å². The Hall–Kier alpha value is -1.53. The fourth-order valence-electron chi connectivity index (χ4n) is 2.38. The van der Waals surface area contributed by atoms with Crippen LogP contribution in [-0.2, 0) is 4.79 Å². The number of carbonyl (C=O) groups is 2. The summed E-state index contributed by atoms with van der Waals surface area (Å²) in [5.74, 6) is 0.359. The third-order valence-electron chi connectivity index (χ3n) is 3.65. The first kappa shape index (κ1) is 17.8. The van der Waals surface area contributed by atoms with E-state index in [1.54, 1.807) is 6.07 Å². The molecule has 1 aliphatic heterocycles. The van der Waals surface area contributed by atoms with E-state index in [9.17, 15) is 9.59 Å². The number of benzene rings is 1. The Kier molecular flexibility index (Phi) is 6.07. The highest BCUT2D eigenvalue weighted by molar-refractivity contribution is 8.00. The normalized spacial score (nSPS) is 14.8. The van der Waals surface area contributed by atoms with Crippen LogP contribution >= 0.6 is 11.8 Å². The summed E-state index contributed by atoms with van der Waals surface area (Å²) in [5.41, 5.74) is 6.04. The van der Waals surface area contributed by atoms with Crippen LogP contribution in [0.3, 0.4) is 0 Å². The summed E-state index contributed by atoms with van der Waals surface area (Å²) in [6.07, 6.45) is 2.18. The molecule has 0 atom stereocenters. The van der Waals surface area contributed by atoms with Crippen molar-refractivity contribution < 1.29 is 9.59 Å². The number of nitrogens with two attached hydrogens (primary N) is 1. The smallest absolute Gasteiger partial charge is 0.252 e. The SMILES string of the molecule is CC(C)(N)CNC(=O)c1ccccc1SCC(=O)N1CCCC1. The van der Waals surface area contributed by atoms with E-state index in [0.717, 1.165) is 30.8 Å². The average molecular weight is 335 g/mol. The molecule has 0 aromatic heterocycles. The lowest BCUT2D eigenvalue weighted by molar-refractivity contribution is -0.127. The van der Waals surface area contributed by atoms with Crippen molar-refractivity contribution in [2.24, 2.45) is 5.73 Å². The van der Waals surface area contributed by atoms with Crippen LogP contribution in [0.4, 0.5) is 0 Å². The summed E-state index contributed by atoms with van der Waals surface area (Å²) in [6, 6.07) is 7.37. The summed E-state index contributed by atoms with van der Waals surface area (Å²) >= 11 is 1.42. The van der Waals surface area contributed by atoms with Gasteiger partial charge in [0.25, 0.3) is 5.91 Å². The van der Waals surface area contributed by atoms with E-state index in [4.69, 9.17) is 5.73 Å². The molecule has 1 aromatic carbocycles. The molecule has 0 bridgehead atoms. The fourth-order valence-corrected chi connectivity index (χ4v) is 3.33. The lowest BCUT2D eigenvalue weighted by Gasteiger charge is -2.19. The highest BCUT2D eigenvalue weighted by Crippen LogP contribution is 2.23. The first-order valence-electron chi connectivity index (χ1n) is 7.93. The Morgan fingerprint density at radius 2 is 1.91 bits per heavy atom. The summed E-state index contributed by atoms with van der Waals surface area (Å²) < 4.78 is 0. The van der Waals surface area contributed by atoms with Crippen LogP contribution in [0.15, 0.2) is 29.2 Å². The zero-order chi connectivity index (χ0) is 16.9. The van der Waals surface area contributed by atoms with E-state index in [1.165, 1.54) is 11.8 Å². The topological polar surface area (TPSA) is 75.4 Å². The Bertz CT molecular complexity index is 563. The molecule has 2 amide bonds. The molecule has 0 spiro atoms. The second-order valence-electron chi connectivity index (χ2n) is 6.54. The fraction of sp³-hybridized carbons (Fsp3) is 0.529. The second kappa shape index (κ2) is 7.84. The molecule has 0 radical (unpaired) electrons. The summed E-state index contributed by atoms with van der Waals surface area (Å²) in [6.45, 7) is 5.84. The van der Waals surface area contributed by atoms with Crippen molar-refractivity contribution in [3.05, 3.63) is 29.8 Å². The number of carbonyl (C=O) groups excluding carboxylic acids is 2. The predicted molar refractivity (Wildman–Crippen MR) is 93.6 cm³/mol. The van der Waals surface area contributed by atoms with Crippen LogP contribution in [0.1, 0.15) is 37.0 Å². The van der Waals surface area contributed by atoms with E-state index in [0.29, 0.717) is 17.9 Å². The van der Waals surface area contributed by atoms with E-state index >= 15 is 0 Å². The molecule has 1 saturated heterocycles. The molecular formula is C17H25N3O2S. The van der Waals surface area contributed by atoms with Crippen molar-refractivity contribution in [1.29, 1.82) is 0 Å². The van der Waals surface area contributed by atoms with E-state index in [2.05, 4.69) is 5.32 Å². The van der Waals surface area contributed by atoms with Crippen molar-refractivity contribution in [2.75, 3.05) is 25.4 Å².